The van der Waals surface area contributed by atoms with Crippen LogP contribution in [0.25, 0.3) is 5.76 Å². The Labute approximate surface area is 112 Å². The van der Waals surface area contributed by atoms with E-state index in [9.17, 15) is 18.3 Å². The lowest BCUT2D eigenvalue weighted by molar-refractivity contribution is -0.137. The molecule has 5 heteroatoms. The lowest BCUT2D eigenvalue weighted by Crippen LogP contribution is -2.04. The lowest BCUT2D eigenvalue weighted by atomic mass is 10.1. The fourth-order valence-electron chi connectivity index (χ4n) is 1.64. The fraction of sp³-hybridized carbons (Fsp3) is 0.143. The number of hydrogen-bond acceptors (Lipinski definition) is 2. The van der Waals surface area contributed by atoms with E-state index >= 15 is 0 Å². The molecule has 1 nitrogen and oxygen atoms in total. The van der Waals surface area contributed by atoms with Crippen LogP contribution in [-0.4, -0.2) is 5.11 Å². The summed E-state index contributed by atoms with van der Waals surface area (Å²) < 4.78 is 37.2. The van der Waals surface area contributed by atoms with Gasteiger partial charge in [0.25, 0.3) is 0 Å². The van der Waals surface area contributed by atoms with Gasteiger partial charge in [0.15, 0.2) is 0 Å². The molecular weight excluding hydrogens is 273 g/mol. The highest BCUT2D eigenvalue weighted by molar-refractivity contribution is 7.13. The SMILES string of the molecule is C=C(O)c1ccc(Cc2ccc(C(F)(F)F)cc2)s1. The molecule has 0 aliphatic carbocycles. The fourth-order valence-corrected chi connectivity index (χ4v) is 2.55. The summed E-state index contributed by atoms with van der Waals surface area (Å²) in [5.74, 6) is 0.00340. The first-order valence-electron chi connectivity index (χ1n) is 5.49. The van der Waals surface area contributed by atoms with Gasteiger partial charge in [0.1, 0.15) is 5.76 Å². The summed E-state index contributed by atoms with van der Waals surface area (Å²) in [6.07, 6.45) is -3.76. The van der Waals surface area contributed by atoms with Crippen LogP contribution in [0, 0.1) is 0 Å². The normalized spacial score (nSPS) is 11.5. The van der Waals surface area contributed by atoms with Gasteiger partial charge in [-0.1, -0.05) is 18.7 Å². The van der Waals surface area contributed by atoms with Crippen molar-refractivity contribution in [2.75, 3.05) is 0 Å². The summed E-state index contributed by atoms with van der Waals surface area (Å²) in [6.45, 7) is 3.43. The molecule has 0 saturated carbocycles. The molecule has 19 heavy (non-hydrogen) atoms. The summed E-state index contributed by atoms with van der Waals surface area (Å²) in [4.78, 5) is 1.63. The van der Waals surface area contributed by atoms with Crippen LogP contribution < -0.4 is 0 Å². The zero-order valence-electron chi connectivity index (χ0n) is 9.87. The third-order valence-corrected chi connectivity index (χ3v) is 3.74. The Kier molecular flexibility index (Phi) is 3.66. The van der Waals surface area contributed by atoms with Crippen LogP contribution in [0.1, 0.15) is 20.9 Å². The van der Waals surface area contributed by atoms with Crippen LogP contribution in [0.5, 0.6) is 0 Å². The van der Waals surface area contributed by atoms with Gasteiger partial charge in [-0.05, 0) is 29.8 Å². The zero-order chi connectivity index (χ0) is 14.0. The molecule has 0 amide bonds. The molecule has 1 aromatic carbocycles. The molecule has 2 aromatic rings. The number of alkyl halides is 3. The summed E-state index contributed by atoms with van der Waals surface area (Å²) in [7, 11) is 0. The molecule has 0 unspecified atom stereocenters. The average Bonchev–Trinajstić information content (AvgIpc) is 2.77. The van der Waals surface area contributed by atoms with Gasteiger partial charge in [-0.25, -0.2) is 0 Å². The summed E-state index contributed by atoms with van der Waals surface area (Å²) in [5, 5.41) is 9.22. The highest BCUT2D eigenvalue weighted by Gasteiger charge is 2.29. The second kappa shape index (κ2) is 5.09. The minimum atomic E-state index is -4.30. The van der Waals surface area contributed by atoms with Crippen LogP contribution in [0.15, 0.2) is 43.0 Å². The monoisotopic (exact) mass is 284 g/mol. The number of halogens is 3. The smallest absolute Gasteiger partial charge is 0.416 e. The van der Waals surface area contributed by atoms with E-state index in [0.717, 1.165) is 22.6 Å². The molecule has 0 aliphatic heterocycles. The molecule has 1 N–H and O–H groups in total. The van der Waals surface area contributed by atoms with Crippen molar-refractivity contribution in [3.8, 4) is 0 Å². The maximum atomic E-state index is 12.4. The van der Waals surface area contributed by atoms with Gasteiger partial charge < -0.3 is 5.11 Å². The van der Waals surface area contributed by atoms with Crippen molar-refractivity contribution in [1.29, 1.82) is 0 Å². The standard InChI is InChI=1S/C14H11F3OS/c1-9(18)13-7-6-12(19-13)8-10-2-4-11(5-3-10)14(15,16)17/h2-7,18H,1,8H2. The van der Waals surface area contributed by atoms with Crippen molar-refractivity contribution in [1.82, 2.24) is 0 Å². The Hall–Kier alpha value is -1.75. The number of thiophene rings is 1. The number of aliphatic hydroxyl groups is 1. The molecule has 2 rings (SSSR count). The van der Waals surface area contributed by atoms with Crippen molar-refractivity contribution >= 4 is 17.1 Å². The molecule has 100 valence electrons. The molecule has 0 aliphatic rings. The van der Waals surface area contributed by atoms with Crippen molar-refractivity contribution in [2.24, 2.45) is 0 Å². The predicted molar refractivity (Wildman–Crippen MR) is 70.2 cm³/mol. The molecule has 0 atom stereocenters. The molecule has 0 radical (unpaired) electrons. The summed E-state index contributed by atoms with van der Waals surface area (Å²) in [6, 6.07) is 8.67. The van der Waals surface area contributed by atoms with E-state index in [1.165, 1.54) is 23.5 Å². The third kappa shape index (κ3) is 3.38. The number of rotatable bonds is 3. The molecule has 0 saturated heterocycles. The van der Waals surface area contributed by atoms with Crippen molar-refractivity contribution in [3.63, 3.8) is 0 Å². The van der Waals surface area contributed by atoms with Crippen LogP contribution >= 0.6 is 11.3 Å². The van der Waals surface area contributed by atoms with Gasteiger partial charge in [-0.15, -0.1) is 11.3 Å². The summed E-state index contributed by atoms with van der Waals surface area (Å²) in [5.41, 5.74) is 0.150. The topological polar surface area (TPSA) is 20.2 Å². The van der Waals surface area contributed by atoms with E-state index in [-0.39, 0.29) is 5.76 Å². The third-order valence-electron chi connectivity index (χ3n) is 2.61. The number of hydrogen-bond donors (Lipinski definition) is 1. The first-order valence-corrected chi connectivity index (χ1v) is 6.31. The Bertz CT molecular complexity index is 581. The lowest BCUT2D eigenvalue weighted by Gasteiger charge is -2.07. The highest BCUT2D eigenvalue weighted by atomic mass is 32.1. The van der Waals surface area contributed by atoms with Crippen LogP contribution in [0.2, 0.25) is 0 Å². The molecule has 0 bridgehead atoms. The Morgan fingerprint density at radius 1 is 1.11 bits per heavy atom. The molecule has 0 fully saturated rings. The van der Waals surface area contributed by atoms with E-state index in [4.69, 9.17) is 0 Å². The predicted octanol–water partition coefficient (Wildman–Crippen LogP) is 4.89. The van der Waals surface area contributed by atoms with Gasteiger partial charge in [0, 0.05) is 11.3 Å². The second-order valence-corrected chi connectivity index (χ2v) is 5.25. The number of benzene rings is 1. The van der Waals surface area contributed by atoms with E-state index in [0.29, 0.717) is 11.3 Å². The summed E-state index contributed by atoms with van der Waals surface area (Å²) >= 11 is 1.37. The van der Waals surface area contributed by atoms with Crippen molar-refractivity contribution in [2.45, 2.75) is 12.6 Å². The maximum absolute atomic E-state index is 12.4. The van der Waals surface area contributed by atoms with E-state index in [1.807, 2.05) is 6.07 Å². The van der Waals surface area contributed by atoms with Gasteiger partial charge in [0.2, 0.25) is 0 Å². The van der Waals surface area contributed by atoms with E-state index < -0.39 is 11.7 Å². The highest BCUT2D eigenvalue weighted by Crippen LogP contribution is 2.30. The minimum absolute atomic E-state index is 0.00340. The quantitative estimate of drug-likeness (QED) is 0.796. The van der Waals surface area contributed by atoms with Crippen LogP contribution in [0.3, 0.4) is 0 Å². The Balaban J connectivity index is 2.13. The van der Waals surface area contributed by atoms with E-state index in [1.54, 1.807) is 6.07 Å². The molecule has 1 aromatic heterocycles. The first kappa shape index (κ1) is 13.7. The maximum Gasteiger partial charge on any atom is 0.416 e. The molecule has 0 spiro atoms. The Morgan fingerprint density at radius 3 is 2.21 bits per heavy atom. The largest absolute Gasteiger partial charge is 0.507 e. The van der Waals surface area contributed by atoms with Gasteiger partial charge in [-0.3, -0.25) is 0 Å². The number of aliphatic hydroxyl groups excluding tert-OH is 1. The van der Waals surface area contributed by atoms with Crippen LogP contribution in [-0.2, 0) is 12.6 Å². The zero-order valence-corrected chi connectivity index (χ0v) is 10.7. The average molecular weight is 284 g/mol. The van der Waals surface area contributed by atoms with Gasteiger partial charge in [0.05, 0.1) is 10.4 Å². The Morgan fingerprint density at radius 2 is 1.74 bits per heavy atom. The van der Waals surface area contributed by atoms with Crippen molar-refractivity contribution in [3.05, 3.63) is 63.9 Å². The first-order chi connectivity index (χ1) is 8.86. The van der Waals surface area contributed by atoms with Crippen LogP contribution in [0.4, 0.5) is 13.2 Å². The second-order valence-electron chi connectivity index (χ2n) is 4.08. The van der Waals surface area contributed by atoms with E-state index in [2.05, 4.69) is 6.58 Å². The minimum Gasteiger partial charge on any atom is -0.507 e. The van der Waals surface area contributed by atoms with Crippen molar-refractivity contribution < 1.29 is 18.3 Å². The molecular formula is C14H11F3OS. The van der Waals surface area contributed by atoms with Gasteiger partial charge in [-0.2, -0.15) is 13.2 Å². The molecule has 1 heterocycles. The van der Waals surface area contributed by atoms with Gasteiger partial charge >= 0.3 is 6.18 Å².